The van der Waals surface area contributed by atoms with Crippen LogP contribution in [0.15, 0.2) is 11.6 Å². The Labute approximate surface area is 150 Å². The van der Waals surface area contributed by atoms with E-state index in [1.165, 1.54) is 37.7 Å². The molecule has 2 nitrogen and oxygen atoms in total. The average molecular weight is 347 g/mol. The normalized spacial score (nSPS) is 47.5. The molecular weight excluding hydrogens is 316 g/mol. The van der Waals surface area contributed by atoms with E-state index < -0.39 is 0 Å². The Morgan fingerprint density at radius 1 is 1.17 bits per heavy atom. The summed E-state index contributed by atoms with van der Waals surface area (Å²) >= 11 is 1.57. The third-order valence-electron chi connectivity index (χ3n) is 8.06. The lowest BCUT2D eigenvalue weighted by atomic mass is 9.47. The monoisotopic (exact) mass is 346 g/mol. The van der Waals surface area contributed by atoms with Crippen LogP contribution in [0.3, 0.4) is 0 Å². The van der Waals surface area contributed by atoms with E-state index in [0.29, 0.717) is 28.3 Å². The number of carbonyl (C=O) groups is 2. The van der Waals surface area contributed by atoms with Crippen molar-refractivity contribution in [1.29, 1.82) is 0 Å². The van der Waals surface area contributed by atoms with Gasteiger partial charge < -0.3 is 0 Å². The van der Waals surface area contributed by atoms with Gasteiger partial charge in [-0.25, -0.2) is 0 Å². The van der Waals surface area contributed by atoms with Gasteiger partial charge in [0.25, 0.3) is 0 Å². The predicted octanol–water partition coefficient (Wildman–Crippen LogP) is 5.17. The first kappa shape index (κ1) is 16.9. The maximum atomic E-state index is 12.0. The van der Waals surface area contributed by atoms with Crippen molar-refractivity contribution >= 4 is 22.7 Å². The molecule has 0 aromatic carbocycles. The first-order chi connectivity index (χ1) is 11.3. The maximum Gasteiger partial charge on any atom is 0.186 e. The summed E-state index contributed by atoms with van der Waals surface area (Å²) in [4.78, 5) is 24.0. The van der Waals surface area contributed by atoms with Crippen molar-refractivity contribution in [2.75, 3.05) is 0 Å². The molecule has 0 aromatic rings. The molecule has 0 bridgehead atoms. The van der Waals surface area contributed by atoms with Crippen LogP contribution in [0.5, 0.6) is 0 Å². The highest BCUT2D eigenvalue weighted by Crippen LogP contribution is 2.66. The smallest absolute Gasteiger partial charge is 0.186 e. The summed E-state index contributed by atoms with van der Waals surface area (Å²) in [6, 6.07) is 0. The SMILES string of the molecule is CC(=O)S[C@@H]1CC2=CC(=O)CC[C@]2(C)[C@H]2CC[C@]3(C)CCC[C@H]3[C@H]12. The molecule has 0 aliphatic heterocycles. The van der Waals surface area contributed by atoms with Crippen molar-refractivity contribution < 1.29 is 9.59 Å². The van der Waals surface area contributed by atoms with Gasteiger partial charge in [-0.2, -0.15) is 0 Å². The molecule has 3 saturated carbocycles. The van der Waals surface area contributed by atoms with Crippen LogP contribution in [0, 0.1) is 28.6 Å². The molecule has 4 aliphatic rings. The van der Waals surface area contributed by atoms with E-state index in [0.717, 1.165) is 25.2 Å². The highest BCUT2D eigenvalue weighted by atomic mass is 32.2. The van der Waals surface area contributed by atoms with E-state index in [1.54, 1.807) is 18.7 Å². The van der Waals surface area contributed by atoms with Gasteiger partial charge in [0.15, 0.2) is 10.9 Å². The van der Waals surface area contributed by atoms with Crippen LogP contribution in [0.25, 0.3) is 0 Å². The molecule has 0 saturated heterocycles. The van der Waals surface area contributed by atoms with Crippen LogP contribution in [-0.4, -0.2) is 16.1 Å². The van der Waals surface area contributed by atoms with E-state index in [1.807, 2.05) is 6.08 Å². The standard InChI is InChI=1S/C21H30O2S/c1-13(22)24-18-12-14-11-15(23)6-10-21(14,3)17-7-9-20(2)8-4-5-16(20)19(17)18/h11,16-19H,4-10,12H2,1-3H3/t16-,17-,18+,19-,20-,21-/m0/s1. The highest BCUT2D eigenvalue weighted by Gasteiger charge is 2.59. The van der Waals surface area contributed by atoms with Crippen molar-refractivity contribution in [2.24, 2.45) is 28.6 Å². The Balaban J connectivity index is 1.75. The first-order valence-corrected chi connectivity index (χ1v) is 10.6. The molecule has 3 heteroatoms. The van der Waals surface area contributed by atoms with Gasteiger partial charge in [-0.3, -0.25) is 9.59 Å². The number of hydrogen-bond acceptors (Lipinski definition) is 3. The lowest BCUT2D eigenvalue weighted by Crippen LogP contribution is -2.54. The Hall–Kier alpha value is -0.570. The van der Waals surface area contributed by atoms with Crippen LogP contribution in [0.4, 0.5) is 0 Å². The summed E-state index contributed by atoms with van der Waals surface area (Å²) in [6.45, 7) is 6.65. The summed E-state index contributed by atoms with van der Waals surface area (Å²) in [6.07, 6.45) is 11.4. The van der Waals surface area contributed by atoms with Gasteiger partial charge in [0.05, 0.1) is 0 Å². The van der Waals surface area contributed by atoms with Crippen molar-refractivity contribution in [3.63, 3.8) is 0 Å². The van der Waals surface area contributed by atoms with Gasteiger partial charge in [0.2, 0.25) is 0 Å². The molecular formula is C21H30O2S. The van der Waals surface area contributed by atoms with Crippen molar-refractivity contribution in [2.45, 2.75) is 77.4 Å². The van der Waals surface area contributed by atoms with Gasteiger partial charge in [0.1, 0.15) is 0 Å². The lowest BCUT2D eigenvalue weighted by molar-refractivity contribution is -0.117. The lowest BCUT2D eigenvalue weighted by Gasteiger charge is -2.59. The zero-order valence-electron chi connectivity index (χ0n) is 15.3. The molecule has 24 heavy (non-hydrogen) atoms. The first-order valence-electron chi connectivity index (χ1n) is 9.75. The van der Waals surface area contributed by atoms with Crippen molar-refractivity contribution in [3.8, 4) is 0 Å². The summed E-state index contributed by atoms with van der Waals surface area (Å²) in [7, 11) is 0. The van der Waals surface area contributed by atoms with Crippen LogP contribution in [0.1, 0.15) is 72.1 Å². The second-order valence-corrected chi connectivity index (χ2v) is 10.7. The second-order valence-electron chi connectivity index (χ2n) is 9.28. The number of fused-ring (bicyclic) bond motifs is 5. The summed E-state index contributed by atoms with van der Waals surface area (Å²) in [5, 5.41) is 0.635. The van der Waals surface area contributed by atoms with Crippen molar-refractivity contribution in [3.05, 3.63) is 11.6 Å². The molecule has 6 atom stereocenters. The molecule has 0 unspecified atom stereocenters. The van der Waals surface area contributed by atoms with Crippen LogP contribution in [0.2, 0.25) is 0 Å². The molecule has 3 fully saturated rings. The van der Waals surface area contributed by atoms with Gasteiger partial charge in [0, 0.05) is 18.6 Å². The Morgan fingerprint density at radius 3 is 2.71 bits per heavy atom. The Bertz CT molecular complexity index is 609. The highest BCUT2D eigenvalue weighted by molar-refractivity contribution is 8.14. The van der Waals surface area contributed by atoms with E-state index in [2.05, 4.69) is 13.8 Å². The summed E-state index contributed by atoms with van der Waals surface area (Å²) in [5.41, 5.74) is 2.06. The molecule has 132 valence electrons. The molecule has 4 rings (SSSR count). The van der Waals surface area contributed by atoms with Crippen LogP contribution < -0.4 is 0 Å². The van der Waals surface area contributed by atoms with Gasteiger partial charge in [-0.15, -0.1) is 0 Å². The number of rotatable bonds is 1. The topological polar surface area (TPSA) is 34.1 Å². The summed E-state index contributed by atoms with van der Waals surface area (Å²) in [5.74, 6) is 2.41. The van der Waals surface area contributed by atoms with E-state index in [9.17, 15) is 9.59 Å². The third kappa shape index (κ3) is 2.45. The molecule has 0 N–H and O–H groups in total. The number of hydrogen-bond donors (Lipinski definition) is 0. The Kier molecular flexibility index (Phi) is 4.02. The molecule has 4 aliphatic carbocycles. The number of allylic oxidation sites excluding steroid dienone is 1. The predicted molar refractivity (Wildman–Crippen MR) is 98.8 cm³/mol. The third-order valence-corrected chi connectivity index (χ3v) is 9.18. The zero-order chi connectivity index (χ0) is 17.1. The fourth-order valence-corrected chi connectivity index (χ4v) is 8.05. The minimum absolute atomic E-state index is 0.205. The largest absolute Gasteiger partial charge is 0.295 e. The minimum Gasteiger partial charge on any atom is -0.295 e. The maximum absolute atomic E-state index is 12.0. The number of thioether (sulfide) groups is 1. The molecule has 0 spiro atoms. The van der Waals surface area contributed by atoms with Crippen molar-refractivity contribution in [1.82, 2.24) is 0 Å². The van der Waals surface area contributed by atoms with Gasteiger partial charge in [-0.1, -0.05) is 37.6 Å². The quantitative estimate of drug-likeness (QED) is 0.657. The van der Waals surface area contributed by atoms with Crippen LogP contribution >= 0.6 is 11.8 Å². The molecule has 0 aromatic heterocycles. The molecule has 0 amide bonds. The zero-order valence-corrected chi connectivity index (χ0v) is 16.1. The number of ketones is 1. The van der Waals surface area contributed by atoms with E-state index in [4.69, 9.17) is 0 Å². The Morgan fingerprint density at radius 2 is 1.96 bits per heavy atom. The van der Waals surface area contributed by atoms with Crippen LogP contribution in [-0.2, 0) is 9.59 Å². The fourth-order valence-electron chi connectivity index (χ4n) is 6.82. The molecule has 0 heterocycles. The fraction of sp³-hybridized carbons (Fsp3) is 0.810. The van der Waals surface area contributed by atoms with E-state index in [-0.39, 0.29) is 10.5 Å². The summed E-state index contributed by atoms with van der Waals surface area (Å²) < 4.78 is 0. The van der Waals surface area contributed by atoms with Gasteiger partial charge in [-0.05, 0) is 73.2 Å². The second kappa shape index (κ2) is 5.72. The van der Waals surface area contributed by atoms with E-state index >= 15 is 0 Å². The minimum atomic E-state index is 0.205. The van der Waals surface area contributed by atoms with Gasteiger partial charge >= 0.3 is 0 Å². The molecule has 0 radical (unpaired) electrons. The number of carbonyl (C=O) groups excluding carboxylic acids is 2. The average Bonchev–Trinajstić information content (AvgIpc) is 2.90.